The third-order valence-electron chi connectivity index (χ3n) is 2.67. The van der Waals surface area contributed by atoms with Crippen LogP contribution in [0.25, 0.3) is 0 Å². The summed E-state index contributed by atoms with van der Waals surface area (Å²) < 4.78 is 31.1. The number of hydrogen-bond donors (Lipinski definition) is 0. The van der Waals surface area contributed by atoms with Gasteiger partial charge in [-0.1, -0.05) is 0 Å². The van der Waals surface area contributed by atoms with E-state index >= 15 is 0 Å². The topological polar surface area (TPSA) is 26.3 Å². The molecule has 20 heavy (non-hydrogen) atoms. The van der Waals surface area contributed by atoms with E-state index in [0.29, 0.717) is 5.75 Å². The monoisotopic (exact) mass is 294 g/mol. The van der Waals surface area contributed by atoms with E-state index in [1.54, 1.807) is 23.9 Å². The normalized spacial score (nSPS) is 10.3. The van der Waals surface area contributed by atoms with Gasteiger partial charge < -0.3 is 4.74 Å². The Morgan fingerprint density at radius 1 is 1.10 bits per heavy atom. The van der Waals surface area contributed by atoms with Crippen molar-refractivity contribution in [1.82, 2.24) is 0 Å². The summed E-state index contributed by atoms with van der Waals surface area (Å²) in [5.74, 6) is -1.87. The number of hydrogen-bond acceptors (Lipinski definition) is 3. The van der Waals surface area contributed by atoms with Crippen molar-refractivity contribution in [2.75, 3.05) is 12.9 Å². The molecule has 0 saturated heterocycles. The van der Waals surface area contributed by atoms with Gasteiger partial charge in [-0.05, 0) is 48.7 Å². The Bertz CT molecular complexity index is 612. The van der Waals surface area contributed by atoms with E-state index in [-0.39, 0.29) is 12.2 Å². The number of halogens is 2. The number of Topliss-reactive ketones (excluding diaryl/α,β-unsaturated/α-hetero) is 1. The number of benzene rings is 2. The number of thioether (sulfide) groups is 1. The van der Waals surface area contributed by atoms with Gasteiger partial charge >= 0.3 is 0 Å². The zero-order valence-corrected chi connectivity index (χ0v) is 11.5. The van der Waals surface area contributed by atoms with Crippen molar-refractivity contribution in [3.8, 4) is 5.75 Å². The van der Waals surface area contributed by atoms with Crippen LogP contribution in [0.3, 0.4) is 0 Å². The number of rotatable bonds is 5. The van der Waals surface area contributed by atoms with Gasteiger partial charge in [0, 0.05) is 10.5 Å². The molecule has 0 saturated carbocycles. The van der Waals surface area contributed by atoms with Crippen LogP contribution in [0, 0.1) is 11.6 Å². The highest BCUT2D eigenvalue weighted by atomic mass is 32.2. The van der Waals surface area contributed by atoms with Crippen molar-refractivity contribution >= 4 is 17.5 Å². The summed E-state index contributed by atoms with van der Waals surface area (Å²) in [5, 5.41) is 0. The average molecular weight is 294 g/mol. The van der Waals surface area contributed by atoms with Crippen molar-refractivity contribution in [2.24, 2.45) is 0 Å². The molecule has 0 heterocycles. The third kappa shape index (κ3) is 3.57. The number of carbonyl (C=O) groups is 1. The summed E-state index contributed by atoms with van der Waals surface area (Å²) in [6.07, 6.45) is 1.96. The van der Waals surface area contributed by atoms with Crippen LogP contribution in [0.4, 0.5) is 8.78 Å². The predicted octanol–water partition coefficient (Wildman–Crippen LogP) is 3.95. The summed E-state index contributed by atoms with van der Waals surface area (Å²) in [5.41, 5.74) is 0.0876. The maximum atomic E-state index is 13.0. The average Bonchev–Trinajstić information content (AvgIpc) is 2.48. The molecule has 0 N–H and O–H groups in total. The molecule has 0 aromatic heterocycles. The molecule has 0 unspecified atom stereocenters. The first-order valence-corrected chi connectivity index (χ1v) is 7.07. The van der Waals surface area contributed by atoms with Crippen LogP contribution in [-0.4, -0.2) is 18.6 Å². The molecule has 0 aliphatic heterocycles. The molecule has 2 rings (SSSR count). The zero-order chi connectivity index (χ0) is 14.5. The van der Waals surface area contributed by atoms with Crippen LogP contribution in [-0.2, 0) is 0 Å². The standard InChI is InChI=1S/C15H12F2O2S/c1-20-12-5-3-11(4-6-12)19-9-15(18)10-2-7-13(16)14(17)8-10/h2-8H,9H2,1H3. The number of ether oxygens (including phenoxy) is 1. The molecule has 0 aliphatic carbocycles. The molecule has 0 radical (unpaired) electrons. The second-order valence-corrected chi connectivity index (χ2v) is 4.90. The summed E-state index contributed by atoms with van der Waals surface area (Å²) in [4.78, 5) is 12.9. The van der Waals surface area contributed by atoms with E-state index < -0.39 is 17.4 Å². The lowest BCUT2D eigenvalue weighted by Gasteiger charge is -2.06. The molecular formula is C15H12F2O2S. The Kier molecular flexibility index (Phi) is 4.74. The van der Waals surface area contributed by atoms with Crippen LogP contribution in [0.2, 0.25) is 0 Å². The highest BCUT2D eigenvalue weighted by molar-refractivity contribution is 7.98. The number of ketones is 1. The second kappa shape index (κ2) is 6.52. The minimum atomic E-state index is -1.04. The Hall–Kier alpha value is -1.88. The smallest absolute Gasteiger partial charge is 0.200 e. The minimum absolute atomic E-state index is 0.0876. The highest BCUT2D eigenvalue weighted by Crippen LogP contribution is 2.19. The van der Waals surface area contributed by atoms with E-state index in [4.69, 9.17) is 4.74 Å². The quantitative estimate of drug-likeness (QED) is 0.617. The SMILES string of the molecule is CSc1ccc(OCC(=O)c2ccc(F)c(F)c2)cc1. The Morgan fingerprint density at radius 2 is 1.80 bits per heavy atom. The Morgan fingerprint density at radius 3 is 2.40 bits per heavy atom. The van der Waals surface area contributed by atoms with Crippen LogP contribution in [0.1, 0.15) is 10.4 Å². The fourth-order valence-corrected chi connectivity index (χ4v) is 1.98. The molecule has 0 aliphatic rings. The van der Waals surface area contributed by atoms with Gasteiger partial charge in [0.2, 0.25) is 0 Å². The lowest BCUT2D eigenvalue weighted by molar-refractivity contribution is 0.0921. The zero-order valence-electron chi connectivity index (χ0n) is 10.7. The minimum Gasteiger partial charge on any atom is -0.485 e. The van der Waals surface area contributed by atoms with Crippen molar-refractivity contribution < 1.29 is 18.3 Å². The van der Waals surface area contributed by atoms with E-state index in [1.807, 2.05) is 18.4 Å². The van der Waals surface area contributed by atoms with E-state index in [2.05, 4.69) is 0 Å². The van der Waals surface area contributed by atoms with Gasteiger partial charge in [0.1, 0.15) is 5.75 Å². The lowest BCUT2D eigenvalue weighted by atomic mass is 10.1. The van der Waals surface area contributed by atoms with Crippen molar-refractivity contribution in [2.45, 2.75) is 4.90 Å². The van der Waals surface area contributed by atoms with Gasteiger partial charge in [0.05, 0.1) is 0 Å². The largest absolute Gasteiger partial charge is 0.485 e. The molecule has 0 bridgehead atoms. The van der Waals surface area contributed by atoms with Gasteiger partial charge in [0.25, 0.3) is 0 Å². The fraction of sp³-hybridized carbons (Fsp3) is 0.133. The first kappa shape index (κ1) is 14.5. The Balaban J connectivity index is 1.98. The van der Waals surface area contributed by atoms with E-state index in [0.717, 1.165) is 17.0 Å². The summed E-state index contributed by atoms with van der Waals surface area (Å²) in [7, 11) is 0. The molecule has 0 amide bonds. The van der Waals surface area contributed by atoms with Crippen LogP contribution >= 0.6 is 11.8 Å². The predicted molar refractivity (Wildman–Crippen MR) is 74.4 cm³/mol. The molecule has 5 heteroatoms. The van der Waals surface area contributed by atoms with Gasteiger partial charge in [-0.2, -0.15) is 0 Å². The molecule has 104 valence electrons. The van der Waals surface area contributed by atoms with Crippen molar-refractivity contribution in [3.05, 3.63) is 59.7 Å². The first-order chi connectivity index (χ1) is 9.60. The van der Waals surface area contributed by atoms with E-state index in [9.17, 15) is 13.6 Å². The summed E-state index contributed by atoms with van der Waals surface area (Å²) in [6, 6.07) is 10.3. The van der Waals surface area contributed by atoms with Gasteiger partial charge in [-0.3, -0.25) is 4.79 Å². The highest BCUT2D eigenvalue weighted by Gasteiger charge is 2.10. The molecule has 2 aromatic rings. The van der Waals surface area contributed by atoms with Crippen molar-refractivity contribution in [1.29, 1.82) is 0 Å². The molecule has 2 nitrogen and oxygen atoms in total. The van der Waals surface area contributed by atoms with Crippen LogP contribution < -0.4 is 4.74 Å². The summed E-state index contributed by atoms with van der Waals surface area (Å²) in [6.45, 7) is -0.219. The van der Waals surface area contributed by atoms with Gasteiger partial charge in [-0.25, -0.2) is 8.78 Å². The maximum Gasteiger partial charge on any atom is 0.200 e. The molecule has 2 aromatic carbocycles. The lowest BCUT2D eigenvalue weighted by Crippen LogP contribution is -2.12. The fourth-order valence-electron chi connectivity index (χ4n) is 1.57. The van der Waals surface area contributed by atoms with E-state index in [1.165, 1.54) is 6.07 Å². The van der Waals surface area contributed by atoms with Crippen LogP contribution in [0.5, 0.6) is 5.75 Å². The summed E-state index contributed by atoms with van der Waals surface area (Å²) >= 11 is 1.60. The second-order valence-electron chi connectivity index (χ2n) is 4.02. The first-order valence-electron chi connectivity index (χ1n) is 5.85. The molecule has 0 fully saturated rings. The number of carbonyl (C=O) groups excluding carboxylic acids is 1. The Labute approximate surface area is 119 Å². The third-order valence-corrected chi connectivity index (χ3v) is 3.41. The molecule has 0 atom stereocenters. The van der Waals surface area contributed by atoms with Gasteiger partial charge in [-0.15, -0.1) is 11.8 Å². The maximum absolute atomic E-state index is 13.0. The van der Waals surface area contributed by atoms with Crippen molar-refractivity contribution in [3.63, 3.8) is 0 Å². The molecular weight excluding hydrogens is 282 g/mol. The molecule has 0 spiro atoms. The van der Waals surface area contributed by atoms with Gasteiger partial charge in [0.15, 0.2) is 24.0 Å². The van der Waals surface area contributed by atoms with Crippen LogP contribution in [0.15, 0.2) is 47.4 Å².